The van der Waals surface area contributed by atoms with E-state index >= 15 is 0 Å². The Labute approximate surface area is 158 Å². The number of amides is 1. The van der Waals surface area contributed by atoms with Crippen LogP contribution in [-0.4, -0.2) is 15.5 Å². The number of hydrogen-bond acceptors (Lipinski definition) is 6. The molecule has 0 unspecified atom stereocenters. The molecule has 0 saturated heterocycles. The maximum absolute atomic E-state index is 12.1. The number of rotatable bonds is 6. The molecule has 0 atom stereocenters. The molecule has 1 aromatic carbocycles. The molecule has 138 valence electrons. The van der Waals surface area contributed by atoms with E-state index < -0.39 is 5.76 Å². The largest absolute Gasteiger partial charge is 0.458 e. The fourth-order valence-electron chi connectivity index (χ4n) is 2.80. The summed E-state index contributed by atoms with van der Waals surface area (Å²) in [5, 5.41) is 5.71. The summed E-state index contributed by atoms with van der Waals surface area (Å²) in [6, 6.07) is 10.8. The van der Waals surface area contributed by atoms with E-state index in [1.807, 2.05) is 30.5 Å². The third-order valence-corrected chi connectivity index (χ3v) is 4.90. The van der Waals surface area contributed by atoms with Gasteiger partial charge in [0, 0.05) is 18.3 Å². The third-order valence-electron chi connectivity index (χ3n) is 4.13. The Morgan fingerprint density at radius 3 is 2.89 bits per heavy atom. The molecule has 0 saturated carbocycles. The zero-order chi connectivity index (χ0) is 18.8. The lowest BCUT2D eigenvalue weighted by Crippen LogP contribution is -2.25. The summed E-state index contributed by atoms with van der Waals surface area (Å²) < 4.78 is 12.3. The van der Waals surface area contributed by atoms with Crippen LogP contribution in [0.4, 0.5) is 0 Å². The van der Waals surface area contributed by atoms with Crippen LogP contribution in [0.3, 0.4) is 0 Å². The maximum Gasteiger partial charge on any atom is 0.419 e. The second kappa shape index (κ2) is 7.24. The van der Waals surface area contributed by atoms with Gasteiger partial charge in [-0.25, -0.2) is 9.78 Å². The van der Waals surface area contributed by atoms with Crippen molar-refractivity contribution in [2.75, 3.05) is 0 Å². The van der Waals surface area contributed by atoms with Gasteiger partial charge in [-0.2, -0.15) is 0 Å². The van der Waals surface area contributed by atoms with Crippen LogP contribution in [0.5, 0.6) is 0 Å². The Balaban J connectivity index is 1.34. The number of oxazole rings is 1. The lowest BCUT2D eigenvalue weighted by molar-refractivity contribution is -0.121. The van der Waals surface area contributed by atoms with Gasteiger partial charge >= 0.3 is 5.76 Å². The molecule has 0 aliphatic heterocycles. The first kappa shape index (κ1) is 17.3. The highest BCUT2D eigenvalue weighted by atomic mass is 32.1. The lowest BCUT2D eigenvalue weighted by atomic mass is 10.3. The van der Waals surface area contributed by atoms with Crippen molar-refractivity contribution < 1.29 is 13.6 Å². The number of aromatic nitrogens is 2. The first-order valence-electron chi connectivity index (χ1n) is 8.46. The summed E-state index contributed by atoms with van der Waals surface area (Å²) in [5.74, 6) is 0.697. The molecule has 4 rings (SSSR count). The van der Waals surface area contributed by atoms with Gasteiger partial charge < -0.3 is 14.2 Å². The number of benzene rings is 1. The second-order valence-corrected chi connectivity index (χ2v) is 7.09. The minimum absolute atomic E-state index is 0.169. The van der Waals surface area contributed by atoms with Crippen molar-refractivity contribution in [1.82, 2.24) is 14.9 Å². The normalized spacial score (nSPS) is 11.1. The minimum Gasteiger partial charge on any atom is -0.458 e. The van der Waals surface area contributed by atoms with E-state index in [4.69, 9.17) is 8.83 Å². The monoisotopic (exact) mass is 383 g/mol. The molecule has 3 aromatic heterocycles. The highest BCUT2D eigenvalue weighted by Crippen LogP contribution is 2.23. The van der Waals surface area contributed by atoms with Crippen LogP contribution in [0.25, 0.3) is 22.6 Å². The van der Waals surface area contributed by atoms with E-state index in [0.29, 0.717) is 22.6 Å². The molecule has 0 radical (unpaired) electrons. The molecule has 7 nitrogen and oxygen atoms in total. The highest BCUT2D eigenvalue weighted by molar-refractivity contribution is 7.09. The average molecular weight is 383 g/mol. The fraction of sp³-hybridized carbons (Fsp3) is 0.211. The van der Waals surface area contributed by atoms with Crippen LogP contribution in [0.2, 0.25) is 0 Å². The summed E-state index contributed by atoms with van der Waals surface area (Å²) >= 11 is 1.56. The lowest BCUT2D eigenvalue weighted by Gasteiger charge is -2.04. The number of carbonyl (C=O) groups excluding carboxylic acids is 1. The number of hydrogen-bond donors (Lipinski definition) is 1. The maximum atomic E-state index is 12.1. The van der Waals surface area contributed by atoms with E-state index in [2.05, 4.69) is 10.3 Å². The molecule has 1 amide bonds. The van der Waals surface area contributed by atoms with Crippen molar-refractivity contribution in [1.29, 1.82) is 0 Å². The molecule has 0 spiro atoms. The third kappa shape index (κ3) is 3.70. The van der Waals surface area contributed by atoms with Crippen LogP contribution in [0.15, 0.2) is 55.4 Å². The number of thiazole rings is 1. The number of para-hydroxylation sites is 2. The molecule has 3 heterocycles. The first-order chi connectivity index (χ1) is 13.1. The van der Waals surface area contributed by atoms with Crippen molar-refractivity contribution in [3.8, 4) is 11.5 Å². The van der Waals surface area contributed by atoms with Crippen molar-refractivity contribution >= 4 is 28.3 Å². The predicted octanol–water partition coefficient (Wildman–Crippen LogP) is 3.33. The molecule has 0 aliphatic rings. The molecule has 1 N–H and O–H groups in total. The van der Waals surface area contributed by atoms with E-state index in [1.54, 1.807) is 29.5 Å². The molecule has 4 aromatic rings. The molecular formula is C19H17N3O4S. The van der Waals surface area contributed by atoms with Gasteiger partial charge in [0.1, 0.15) is 11.5 Å². The highest BCUT2D eigenvalue weighted by Gasteiger charge is 2.12. The quantitative estimate of drug-likeness (QED) is 0.552. The van der Waals surface area contributed by atoms with E-state index in [9.17, 15) is 9.59 Å². The summed E-state index contributed by atoms with van der Waals surface area (Å²) in [7, 11) is 0. The van der Waals surface area contributed by atoms with Gasteiger partial charge in [0.25, 0.3) is 0 Å². The summed E-state index contributed by atoms with van der Waals surface area (Å²) in [4.78, 5) is 28.4. The predicted molar refractivity (Wildman–Crippen MR) is 101 cm³/mol. The van der Waals surface area contributed by atoms with Crippen molar-refractivity contribution in [2.24, 2.45) is 0 Å². The molecular weight excluding hydrogens is 366 g/mol. The van der Waals surface area contributed by atoms with Crippen molar-refractivity contribution in [3.05, 3.63) is 63.1 Å². The van der Waals surface area contributed by atoms with Gasteiger partial charge in [0.2, 0.25) is 5.91 Å². The zero-order valence-corrected chi connectivity index (χ0v) is 15.4. The van der Waals surface area contributed by atoms with Crippen LogP contribution in [0, 0.1) is 6.92 Å². The summed E-state index contributed by atoms with van der Waals surface area (Å²) in [6.45, 7) is 2.47. The van der Waals surface area contributed by atoms with E-state index in [-0.39, 0.29) is 25.4 Å². The van der Waals surface area contributed by atoms with Gasteiger partial charge in [-0.1, -0.05) is 12.1 Å². The van der Waals surface area contributed by atoms with Crippen LogP contribution in [-0.2, 0) is 17.9 Å². The van der Waals surface area contributed by atoms with Crippen LogP contribution in [0.1, 0.15) is 17.2 Å². The Morgan fingerprint density at radius 1 is 1.22 bits per heavy atom. The Hall–Kier alpha value is -3.13. The number of aryl methyl sites for hydroxylation is 2. The molecule has 0 bridgehead atoms. The summed E-state index contributed by atoms with van der Waals surface area (Å²) in [6.07, 6.45) is 0.169. The summed E-state index contributed by atoms with van der Waals surface area (Å²) in [5.41, 5.74) is 1.99. The fourth-order valence-corrected chi connectivity index (χ4v) is 3.40. The van der Waals surface area contributed by atoms with Crippen LogP contribution >= 0.6 is 11.3 Å². The molecule has 27 heavy (non-hydrogen) atoms. The minimum atomic E-state index is -0.460. The Kier molecular flexibility index (Phi) is 4.64. The topological polar surface area (TPSA) is 90.3 Å². The Morgan fingerprint density at radius 2 is 2.07 bits per heavy atom. The SMILES string of the molecule is Cc1nc(-c2ccc(CNC(=O)CCn3c(=O)oc4ccccc43)o2)cs1. The van der Waals surface area contributed by atoms with Crippen molar-refractivity contribution in [3.63, 3.8) is 0 Å². The second-order valence-electron chi connectivity index (χ2n) is 6.03. The van der Waals surface area contributed by atoms with Gasteiger partial charge in [0.15, 0.2) is 11.3 Å². The number of furan rings is 1. The zero-order valence-electron chi connectivity index (χ0n) is 14.6. The molecule has 0 aliphatic carbocycles. The number of nitrogens with zero attached hydrogens (tertiary/aromatic N) is 2. The van der Waals surface area contributed by atoms with Crippen molar-refractivity contribution in [2.45, 2.75) is 26.4 Å². The number of carbonyl (C=O) groups is 1. The van der Waals surface area contributed by atoms with Crippen LogP contribution < -0.4 is 11.1 Å². The van der Waals surface area contributed by atoms with Gasteiger partial charge in [-0.05, 0) is 31.2 Å². The average Bonchev–Trinajstić information content (AvgIpc) is 3.36. The molecule has 8 heteroatoms. The smallest absolute Gasteiger partial charge is 0.419 e. The van der Waals surface area contributed by atoms with E-state index in [0.717, 1.165) is 10.7 Å². The first-order valence-corrected chi connectivity index (χ1v) is 9.34. The van der Waals surface area contributed by atoms with E-state index in [1.165, 1.54) is 4.57 Å². The van der Waals surface area contributed by atoms with Gasteiger partial charge in [0.05, 0.1) is 17.1 Å². The standard InChI is InChI=1S/C19H17N3O4S/c1-12-21-14(11-27-12)16-7-6-13(25-16)10-20-18(23)8-9-22-15-4-2-3-5-17(15)26-19(22)24/h2-7,11H,8-10H2,1H3,(H,20,23). The number of fused-ring (bicyclic) bond motifs is 1. The molecule has 0 fully saturated rings. The Bertz CT molecular complexity index is 1150. The van der Waals surface area contributed by atoms with Gasteiger partial charge in [-0.3, -0.25) is 9.36 Å². The number of nitrogens with one attached hydrogen (secondary N) is 1. The van der Waals surface area contributed by atoms with Gasteiger partial charge in [-0.15, -0.1) is 11.3 Å².